The number of likely N-dealkylation sites (N-methyl/N-ethyl adjacent to an activating group) is 1. The summed E-state index contributed by atoms with van der Waals surface area (Å²) in [5.41, 5.74) is 0. The summed E-state index contributed by atoms with van der Waals surface area (Å²) in [6, 6.07) is -0.686. The zero-order chi connectivity index (χ0) is 14.9. The number of carboxylic acid groups (broad SMARTS) is 1. The van der Waals surface area contributed by atoms with Crippen LogP contribution in [0.4, 0.5) is 4.79 Å². The van der Waals surface area contributed by atoms with Crippen LogP contribution in [-0.4, -0.2) is 64.9 Å². The Morgan fingerprint density at radius 1 is 1.35 bits per heavy atom. The lowest BCUT2D eigenvalue weighted by atomic mass is 10.1. The third-order valence-electron chi connectivity index (χ3n) is 3.68. The second-order valence-electron chi connectivity index (χ2n) is 5.23. The van der Waals surface area contributed by atoms with Crippen LogP contribution >= 0.6 is 0 Å². The van der Waals surface area contributed by atoms with Crippen LogP contribution in [0, 0.1) is 5.92 Å². The molecule has 1 saturated carbocycles. The first-order valence-electron chi connectivity index (χ1n) is 6.46. The van der Waals surface area contributed by atoms with Gasteiger partial charge in [-0.05, 0) is 19.3 Å². The van der Waals surface area contributed by atoms with Crippen molar-refractivity contribution in [1.29, 1.82) is 0 Å². The number of aliphatic carboxylic acids is 1. The molecule has 2 N–H and O–H groups in total. The van der Waals surface area contributed by atoms with Gasteiger partial charge < -0.3 is 15.3 Å². The first-order chi connectivity index (χ1) is 9.38. The van der Waals surface area contributed by atoms with Crippen LogP contribution in [0.25, 0.3) is 0 Å². The van der Waals surface area contributed by atoms with Gasteiger partial charge in [0.05, 0.1) is 5.92 Å². The van der Waals surface area contributed by atoms with E-state index in [1.807, 2.05) is 0 Å². The minimum absolute atomic E-state index is 0.0172. The van der Waals surface area contributed by atoms with Crippen LogP contribution in [0.1, 0.15) is 19.3 Å². The predicted molar refractivity (Wildman–Crippen MR) is 66.6 cm³/mol. The quantitative estimate of drug-likeness (QED) is 0.660. The number of hydrogen-bond donors (Lipinski definition) is 2. The molecule has 1 aliphatic carbocycles. The summed E-state index contributed by atoms with van der Waals surface area (Å²) in [6.45, 7) is -0.327. The van der Waals surface area contributed by atoms with Gasteiger partial charge in [-0.15, -0.1) is 0 Å². The summed E-state index contributed by atoms with van der Waals surface area (Å²) in [5.74, 6) is -2.12. The van der Waals surface area contributed by atoms with Gasteiger partial charge in [0.2, 0.25) is 5.91 Å². The molecular formula is C12H17N3O5. The normalized spacial score (nSPS) is 26.2. The highest BCUT2D eigenvalue weighted by Crippen LogP contribution is 2.25. The Hall–Kier alpha value is -2.12. The van der Waals surface area contributed by atoms with Crippen LogP contribution in [0.5, 0.6) is 0 Å². The van der Waals surface area contributed by atoms with E-state index in [2.05, 4.69) is 5.32 Å². The molecule has 8 nitrogen and oxygen atoms in total. The van der Waals surface area contributed by atoms with Crippen molar-refractivity contribution in [2.24, 2.45) is 5.92 Å². The molecule has 4 amide bonds. The zero-order valence-electron chi connectivity index (χ0n) is 11.2. The van der Waals surface area contributed by atoms with Gasteiger partial charge in [-0.3, -0.25) is 19.3 Å². The summed E-state index contributed by atoms with van der Waals surface area (Å²) in [5, 5.41) is 11.6. The number of amides is 4. The fraction of sp³-hybridized carbons (Fsp3) is 0.667. The fourth-order valence-electron chi connectivity index (χ4n) is 2.58. The lowest BCUT2D eigenvalue weighted by Crippen LogP contribution is -2.44. The summed E-state index contributed by atoms with van der Waals surface area (Å²) >= 11 is 0. The van der Waals surface area contributed by atoms with Crippen molar-refractivity contribution in [3.05, 3.63) is 0 Å². The van der Waals surface area contributed by atoms with Gasteiger partial charge in [-0.1, -0.05) is 0 Å². The summed E-state index contributed by atoms with van der Waals surface area (Å²) in [7, 11) is 1.49. The van der Waals surface area contributed by atoms with Gasteiger partial charge in [-0.2, -0.15) is 0 Å². The number of nitrogens with one attached hydrogen (secondary N) is 1. The first kappa shape index (κ1) is 14.3. The molecule has 2 unspecified atom stereocenters. The molecular weight excluding hydrogens is 266 g/mol. The topological polar surface area (TPSA) is 107 Å². The number of carbonyl (C=O) groups is 4. The molecule has 1 saturated heterocycles. The van der Waals surface area contributed by atoms with E-state index in [0.29, 0.717) is 19.3 Å². The molecule has 20 heavy (non-hydrogen) atoms. The maximum Gasteiger partial charge on any atom is 0.327 e. The number of nitrogens with zero attached hydrogens (tertiary/aromatic N) is 2. The Bertz CT molecular complexity index is 464. The van der Waals surface area contributed by atoms with E-state index in [9.17, 15) is 19.2 Å². The molecule has 0 radical (unpaired) electrons. The van der Waals surface area contributed by atoms with E-state index in [1.165, 1.54) is 11.9 Å². The van der Waals surface area contributed by atoms with Crippen LogP contribution < -0.4 is 5.32 Å². The number of imide groups is 1. The monoisotopic (exact) mass is 283 g/mol. The largest absolute Gasteiger partial charge is 0.481 e. The Morgan fingerprint density at radius 3 is 2.55 bits per heavy atom. The van der Waals surface area contributed by atoms with Gasteiger partial charge in [0, 0.05) is 13.1 Å². The van der Waals surface area contributed by atoms with E-state index in [-0.39, 0.29) is 19.1 Å². The average Bonchev–Trinajstić information content (AvgIpc) is 2.91. The maximum absolute atomic E-state index is 11.8. The lowest BCUT2D eigenvalue weighted by molar-refractivity contribution is -0.141. The molecule has 2 fully saturated rings. The van der Waals surface area contributed by atoms with Gasteiger partial charge in [0.25, 0.3) is 5.91 Å². The van der Waals surface area contributed by atoms with Crippen molar-refractivity contribution < 1.29 is 24.3 Å². The van der Waals surface area contributed by atoms with E-state index >= 15 is 0 Å². The van der Waals surface area contributed by atoms with Crippen LogP contribution in [0.3, 0.4) is 0 Å². The van der Waals surface area contributed by atoms with E-state index in [4.69, 9.17) is 5.11 Å². The number of urea groups is 1. The minimum atomic E-state index is -0.853. The Labute approximate surface area is 115 Å². The molecule has 0 aromatic rings. The van der Waals surface area contributed by atoms with E-state index < -0.39 is 29.7 Å². The highest BCUT2D eigenvalue weighted by Gasteiger charge is 2.36. The number of rotatable bonds is 4. The Kier molecular flexibility index (Phi) is 3.91. The molecule has 2 rings (SSSR count). The first-order valence-corrected chi connectivity index (χ1v) is 6.46. The summed E-state index contributed by atoms with van der Waals surface area (Å²) in [4.78, 5) is 47.9. The lowest BCUT2D eigenvalue weighted by Gasteiger charge is -2.16. The minimum Gasteiger partial charge on any atom is -0.481 e. The smallest absolute Gasteiger partial charge is 0.327 e. The van der Waals surface area contributed by atoms with Gasteiger partial charge >= 0.3 is 12.0 Å². The summed E-state index contributed by atoms with van der Waals surface area (Å²) < 4.78 is 0. The highest BCUT2D eigenvalue weighted by atomic mass is 16.4. The number of carbonyl (C=O) groups excluding carboxylic acids is 3. The third-order valence-corrected chi connectivity index (χ3v) is 3.68. The molecule has 0 aromatic heterocycles. The van der Waals surface area contributed by atoms with Crippen molar-refractivity contribution in [2.45, 2.75) is 25.3 Å². The molecule has 0 spiro atoms. The van der Waals surface area contributed by atoms with Crippen LogP contribution in [0.2, 0.25) is 0 Å². The molecule has 8 heteroatoms. The zero-order valence-corrected chi connectivity index (χ0v) is 11.2. The molecule has 0 bridgehead atoms. The molecule has 110 valence electrons. The number of carboxylic acids is 1. The van der Waals surface area contributed by atoms with Crippen molar-refractivity contribution in [3.8, 4) is 0 Å². The molecule has 2 aliphatic rings. The second-order valence-corrected chi connectivity index (χ2v) is 5.23. The predicted octanol–water partition coefficient (Wildman–Crippen LogP) is -0.750. The van der Waals surface area contributed by atoms with Crippen molar-refractivity contribution in [2.75, 3.05) is 20.1 Å². The van der Waals surface area contributed by atoms with Crippen LogP contribution in [0.15, 0.2) is 0 Å². The standard InChI is InChI=1S/C12H17N3O5/c1-14-6-10(17)15(12(14)20)5-9(16)13-8-3-2-7(4-8)11(18)19/h7-8H,2-6H2,1H3,(H,13,16)(H,18,19). The molecule has 1 heterocycles. The molecule has 0 aromatic carbocycles. The second kappa shape index (κ2) is 5.48. The maximum atomic E-state index is 11.8. The highest BCUT2D eigenvalue weighted by molar-refractivity contribution is 6.04. The molecule has 2 atom stereocenters. The van der Waals surface area contributed by atoms with Gasteiger partial charge in [-0.25, -0.2) is 4.79 Å². The van der Waals surface area contributed by atoms with E-state index in [0.717, 1.165) is 4.90 Å². The summed E-state index contributed by atoms with van der Waals surface area (Å²) in [6.07, 6.45) is 1.53. The van der Waals surface area contributed by atoms with Gasteiger partial charge in [0.1, 0.15) is 13.1 Å². The van der Waals surface area contributed by atoms with Gasteiger partial charge in [0.15, 0.2) is 0 Å². The number of hydrogen-bond acceptors (Lipinski definition) is 4. The van der Waals surface area contributed by atoms with Crippen LogP contribution in [-0.2, 0) is 14.4 Å². The Balaban J connectivity index is 1.83. The third kappa shape index (κ3) is 2.89. The van der Waals surface area contributed by atoms with E-state index in [1.54, 1.807) is 0 Å². The SMILES string of the molecule is CN1CC(=O)N(CC(=O)NC2CCC(C(=O)O)C2)C1=O. The molecule has 1 aliphatic heterocycles. The average molecular weight is 283 g/mol. The van der Waals surface area contributed by atoms with Crippen molar-refractivity contribution in [3.63, 3.8) is 0 Å². The van der Waals surface area contributed by atoms with Crippen molar-refractivity contribution in [1.82, 2.24) is 15.1 Å². The van der Waals surface area contributed by atoms with Crippen molar-refractivity contribution >= 4 is 23.8 Å². The Morgan fingerprint density at radius 2 is 2.05 bits per heavy atom. The fourth-order valence-corrected chi connectivity index (χ4v) is 2.58.